The van der Waals surface area contributed by atoms with Crippen LogP contribution >= 0.6 is 0 Å². The van der Waals surface area contributed by atoms with E-state index in [1.165, 1.54) is 0 Å². The summed E-state index contributed by atoms with van der Waals surface area (Å²) < 4.78 is 18.1. The van der Waals surface area contributed by atoms with Gasteiger partial charge in [-0.1, -0.05) is 19.1 Å². The maximum atomic E-state index is 5.50. The zero-order valence-corrected chi connectivity index (χ0v) is 17.5. The first-order chi connectivity index (χ1) is 14.7. The average Bonchev–Trinajstić information content (AvgIpc) is 3.21. The van der Waals surface area contributed by atoms with Gasteiger partial charge >= 0.3 is 0 Å². The Kier molecular flexibility index (Phi) is 5.43. The first kappa shape index (κ1) is 19.6. The molecule has 0 spiro atoms. The van der Waals surface area contributed by atoms with Crippen molar-refractivity contribution in [2.45, 2.75) is 13.3 Å². The highest BCUT2D eigenvalue weighted by atomic mass is 16.5. The number of hydrogen-bond donors (Lipinski definition) is 1. The molecule has 0 aliphatic rings. The SMILES string of the molecule is CCc1cc(Nc2ccn3ncc(-c4cccc(OC)c4)c3n2)cc(OC)c1OC. The lowest BCUT2D eigenvalue weighted by Gasteiger charge is -2.15. The van der Waals surface area contributed by atoms with Crippen LogP contribution in [0.3, 0.4) is 0 Å². The Morgan fingerprint density at radius 3 is 2.60 bits per heavy atom. The number of methoxy groups -OCH3 is 3. The molecule has 30 heavy (non-hydrogen) atoms. The molecule has 0 fully saturated rings. The van der Waals surface area contributed by atoms with Gasteiger partial charge in [0.1, 0.15) is 11.6 Å². The molecule has 4 rings (SSSR count). The maximum Gasteiger partial charge on any atom is 0.165 e. The lowest BCUT2D eigenvalue weighted by Crippen LogP contribution is -2.00. The molecule has 2 aromatic heterocycles. The molecular formula is C23H24N4O3. The summed E-state index contributed by atoms with van der Waals surface area (Å²) in [4.78, 5) is 4.79. The Bertz CT molecular complexity index is 1160. The minimum Gasteiger partial charge on any atom is -0.497 e. The largest absolute Gasteiger partial charge is 0.497 e. The molecule has 0 unspecified atom stereocenters. The lowest BCUT2D eigenvalue weighted by atomic mass is 10.1. The van der Waals surface area contributed by atoms with Crippen LogP contribution in [0.1, 0.15) is 12.5 Å². The van der Waals surface area contributed by atoms with Crippen LogP contribution in [0.15, 0.2) is 54.9 Å². The van der Waals surface area contributed by atoms with E-state index in [1.807, 2.05) is 54.9 Å². The third-order valence-electron chi connectivity index (χ3n) is 4.96. The van der Waals surface area contributed by atoms with Crippen molar-refractivity contribution in [1.82, 2.24) is 14.6 Å². The van der Waals surface area contributed by atoms with Crippen molar-refractivity contribution in [1.29, 1.82) is 0 Å². The molecule has 154 valence electrons. The Morgan fingerprint density at radius 1 is 1.00 bits per heavy atom. The van der Waals surface area contributed by atoms with Gasteiger partial charge in [-0.15, -0.1) is 0 Å². The van der Waals surface area contributed by atoms with Crippen molar-refractivity contribution in [3.05, 3.63) is 60.4 Å². The quantitative estimate of drug-likeness (QED) is 0.480. The molecule has 0 atom stereocenters. The van der Waals surface area contributed by atoms with Crippen LogP contribution in [-0.2, 0) is 6.42 Å². The lowest BCUT2D eigenvalue weighted by molar-refractivity contribution is 0.352. The van der Waals surface area contributed by atoms with Gasteiger partial charge in [-0.3, -0.25) is 0 Å². The van der Waals surface area contributed by atoms with Gasteiger partial charge in [-0.05, 0) is 41.8 Å². The molecule has 7 heteroatoms. The van der Waals surface area contributed by atoms with E-state index in [4.69, 9.17) is 19.2 Å². The van der Waals surface area contributed by atoms with Crippen LogP contribution < -0.4 is 19.5 Å². The molecule has 0 saturated heterocycles. The van der Waals surface area contributed by atoms with Crippen LogP contribution in [0.5, 0.6) is 17.2 Å². The number of aromatic nitrogens is 3. The minimum atomic E-state index is 0.682. The van der Waals surface area contributed by atoms with Crippen molar-refractivity contribution in [2.24, 2.45) is 0 Å². The van der Waals surface area contributed by atoms with Crippen LogP contribution in [0.25, 0.3) is 16.8 Å². The molecule has 2 aromatic carbocycles. The number of nitrogens with zero attached hydrogens (tertiary/aromatic N) is 3. The van der Waals surface area contributed by atoms with Crippen molar-refractivity contribution >= 4 is 17.2 Å². The second-order valence-electron chi connectivity index (χ2n) is 6.72. The number of hydrogen-bond acceptors (Lipinski definition) is 6. The molecular weight excluding hydrogens is 380 g/mol. The molecule has 0 amide bonds. The number of rotatable bonds is 7. The van der Waals surface area contributed by atoms with E-state index in [0.29, 0.717) is 11.6 Å². The highest BCUT2D eigenvalue weighted by Gasteiger charge is 2.13. The fourth-order valence-electron chi connectivity index (χ4n) is 3.46. The van der Waals surface area contributed by atoms with Crippen LogP contribution in [0.4, 0.5) is 11.5 Å². The Labute approximate surface area is 175 Å². The number of nitrogens with one attached hydrogen (secondary N) is 1. The average molecular weight is 404 g/mol. The number of anilines is 2. The van der Waals surface area contributed by atoms with Crippen LogP contribution in [0, 0.1) is 0 Å². The zero-order chi connectivity index (χ0) is 21.1. The smallest absolute Gasteiger partial charge is 0.165 e. The summed E-state index contributed by atoms with van der Waals surface area (Å²) in [6.07, 6.45) is 4.52. The first-order valence-electron chi connectivity index (χ1n) is 9.67. The minimum absolute atomic E-state index is 0.682. The molecule has 7 nitrogen and oxygen atoms in total. The third-order valence-corrected chi connectivity index (χ3v) is 4.96. The van der Waals surface area contributed by atoms with Gasteiger partial charge in [0.15, 0.2) is 17.1 Å². The number of benzene rings is 2. The summed E-state index contributed by atoms with van der Waals surface area (Å²) in [5.74, 6) is 2.94. The van der Waals surface area contributed by atoms with Crippen molar-refractivity contribution < 1.29 is 14.2 Å². The van der Waals surface area contributed by atoms with Gasteiger partial charge in [0.05, 0.1) is 27.5 Å². The van der Waals surface area contributed by atoms with Crippen molar-refractivity contribution in [3.8, 4) is 28.4 Å². The molecule has 0 aliphatic carbocycles. The molecule has 4 aromatic rings. The number of fused-ring (bicyclic) bond motifs is 1. The maximum absolute atomic E-state index is 5.50. The topological polar surface area (TPSA) is 69.9 Å². The highest BCUT2D eigenvalue weighted by molar-refractivity contribution is 5.79. The van der Waals surface area contributed by atoms with Gasteiger partial charge in [0.25, 0.3) is 0 Å². The van der Waals surface area contributed by atoms with E-state index < -0.39 is 0 Å². The van der Waals surface area contributed by atoms with E-state index in [2.05, 4.69) is 17.3 Å². The van der Waals surface area contributed by atoms with E-state index in [-0.39, 0.29) is 0 Å². The normalized spacial score (nSPS) is 10.8. The zero-order valence-electron chi connectivity index (χ0n) is 17.5. The second kappa shape index (κ2) is 8.32. The fourth-order valence-corrected chi connectivity index (χ4v) is 3.46. The number of ether oxygens (including phenoxy) is 3. The predicted octanol–water partition coefficient (Wildman–Crippen LogP) is 4.73. The Balaban J connectivity index is 1.72. The third kappa shape index (κ3) is 3.61. The van der Waals surface area contributed by atoms with Gasteiger partial charge in [0, 0.05) is 23.5 Å². The van der Waals surface area contributed by atoms with E-state index in [0.717, 1.165) is 45.9 Å². The molecule has 0 bridgehead atoms. The van der Waals surface area contributed by atoms with Gasteiger partial charge in [0.2, 0.25) is 0 Å². The van der Waals surface area contributed by atoms with Crippen molar-refractivity contribution in [3.63, 3.8) is 0 Å². The second-order valence-corrected chi connectivity index (χ2v) is 6.72. The molecule has 0 saturated carbocycles. The number of aryl methyl sites for hydroxylation is 1. The fraction of sp³-hybridized carbons (Fsp3) is 0.217. The summed E-state index contributed by atoms with van der Waals surface area (Å²) in [6.45, 7) is 2.08. The molecule has 1 N–H and O–H groups in total. The van der Waals surface area contributed by atoms with Crippen molar-refractivity contribution in [2.75, 3.05) is 26.6 Å². The standard InChI is InChI=1S/C23H24N4O3/c1-5-15-11-17(13-20(29-3)22(15)30-4)25-21-9-10-27-23(26-21)19(14-24-27)16-7-6-8-18(12-16)28-2/h6-14H,5H2,1-4H3,(H,25,26). The monoisotopic (exact) mass is 404 g/mol. The molecule has 2 heterocycles. The van der Waals surface area contributed by atoms with Gasteiger partial charge < -0.3 is 19.5 Å². The highest BCUT2D eigenvalue weighted by Crippen LogP contribution is 2.36. The van der Waals surface area contributed by atoms with Crippen LogP contribution in [-0.4, -0.2) is 35.9 Å². The molecule has 0 aliphatic heterocycles. The van der Waals surface area contributed by atoms with Gasteiger partial charge in [-0.25, -0.2) is 9.50 Å². The summed E-state index contributed by atoms with van der Waals surface area (Å²) in [7, 11) is 4.95. The Hall–Kier alpha value is -3.74. The van der Waals surface area contributed by atoms with E-state index in [1.54, 1.807) is 25.8 Å². The van der Waals surface area contributed by atoms with E-state index >= 15 is 0 Å². The first-order valence-corrected chi connectivity index (χ1v) is 9.67. The summed E-state index contributed by atoms with van der Waals surface area (Å²) >= 11 is 0. The van der Waals surface area contributed by atoms with Gasteiger partial charge in [-0.2, -0.15) is 5.10 Å². The molecule has 0 radical (unpaired) electrons. The summed E-state index contributed by atoms with van der Waals surface area (Å²) in [5.41, 5.74) is 4.61. The predicted molar refractivity (Wildman–Crippen MR) is 117 cm³/mol. The van der Waals surface area contributed by atoms with E-state index in [9.17, 15) is 0 Å². The summed E-state index contributed by atoms with van der Waals surface area (Å²) in [5, 5.41) is 7.80. The Morgan fingerprint density at radius 2 is 1.87 bits per heavy atom. The summed E-state index contributed by atoms with van der Waals surface area (Å²) in [6, 6.07) is 13.7. The van der Waals surface area contributed by atoms with Crippen LogP contribution in [0.2, 0.25) is 0 Å².